The molecule has 0 amide bonds. The van der Waals surface area contributed by atoms with Crippen LogP contribution in [-0.4, -0.2) is 27.4 Å². The first kappa shape index (κ1) is 12.6. The quantitative estimate of drug-likeness (QED) is 0.570. The van der Waals surface area contributed by atoms with Crippen molar-refractivity contribution < 1.29 is 24.5 Å². The lowest BCUT2D eigenvalue weighted by Crippen LogP contribution is -2.28. The Hall–Kier alpha value is -1.50. The molecule has 5 N–H and O–H groups in total. The van der Waals surface area contributed by atoms with E-state index < -0.39 is 24.0 Å². The molecule has 0 radical (unpaired) electrons. The Morgan fingerprint density at radius 2 is 2.06 bits per heavy atom. The zero-order chi connectivity index (χ0) is 12.3. The summed E-state index contributed by atoms with van der Waals surface area (Å²) in [4.78, 5) is 10.5. The van der Waals surface area contributed by atoms with Crippen molar-refractivity contribution in [1.29, 1.82) is 0 Å². The van der Waals surface area contributed by atoms with Crippen LogP contribution < -0.4 is 5.73 Å². The number of hydrogen-bond donors (Lipinski definition) is 4. The first-order chi connectivity index (χ1) is 7.47. The van der Waals surface area contributed by atoms with E-state index in [1.807, 2.05) is 0 Å². The highest BCUT2D eigenvalue weighted by Gasteiger charge is 2.27. The molecule has 0 saturated carbocycles. The molecule has 0 aromatic heterocycles. The summed E-state index contributed by atoms with van der Waals surface area (Å²) in [6.45, 7) is 0.0129. The van der Waals surface area contributed by atoms with Crippen molar-refractivity contribution >= 4 is 5.97 Å². The third-order valence-electron chi connectivity index (χ3n) is 2.20. The Morgan fingerprint density at radius 3 is 2.56 bits per heavy atom. The predicted molar refractivity (Wildman–Crippen MR) is 52.9 cm³/mol. The second kappa shape index (κ2) is 5.02. The molecule has 0 fully saturated rings. The number of aliphatic hydroxyl groups excluding tert-OH is 2. The van der Waals surface area contributed by atoms with Crippen molar-refractivity contribution in [3.05, 3.63) is 35.1 Å². The maximum absolute atomic E-state index is 12.9. The predicted octanol–water partition coefficient (Wildman–Crippen LogP) is -0.237. The van der Waals surface area contributed by atoms with Gasteiger partial charge >= 0.3 is 5.97 Å². The average molecular weight is 229 g/mol. The van der Waals surface area contributed by atoms with E-state index in [1.165, 1.54) is 6.07 Å². The Balaban J connectivity index is 3.10. The summed E-state index contributed by atoms with van der Waals surface area (Å²) < 4.78 is 12.9. The molecule has 1 aromatic carbocycles. The molecule has 1 aromatic rings. The van der Waals surface area contributed by atoms with E-state index in [2.05, 4.69) is 0 Å². The van der Waals surface area contributed by atoms with Gasteiger partial charge in [-0.05, 0) is 23.3 Å². The van der Waals surface area contributed by atoms with Gasteiger partial charge in [0.05, 0.1) is 0 Å². The first-order valence-electron chi connectivity index (χ1n) is 4.54. The minimum Gasteiger partial charge on any atom is -0.479 e. The van der Waals surface area contributed by atoms with Crippen LogP contribution >= 0.6 is 0 Å². The highest BCUT2D eigenvalue weighted by atomic mass is 19.1. The largest absolute Gasteiger partial charge is 0.479 e. The zero-order valence-corrected chi connectivity index (χ0v) is 8.30. The molecule has 0 aliphatic rings. The van der Waals surface area contributed by atoms with Crippen LogP contribution in [0, 0.1) is 5.82 Å². The summed E-state index contributed by atoms with van der Waals surface area (Å²) in [5.74, 6) is -2.22. The van der Waals surface area contributed by atoms with Gasteiger partial charge in [0.15, 0.2) is 6.10 Å². The van der Waals surface area contributed by atoms with Crippen LogP contribution in [-0.2, 0) is 11.3 Å². The number of rotatable bonds is 4. The van der Waals surface area contributed by atoms with Gasteiger partial charge in [-0.1, -0.05) is 6.07 Å². The number of aliphatic carboxylic acids is 1. The minimum atomic E-state index is -2.01. The summed E-state index contributed by atoms with van der Waals surface area (Å²) in [6, 6.07) is 3.44. The van der Waals surface area contributed by atoms with Crippen LogP contribution in [0.25, 0.3) is 0 Å². The van der Waals surface area contributed by atoms with E-state index in [1.54, 1.807) is 0 Å². The van der Waals surface area contributed by atoms with Gasteiger partial charge in [0.1, 0.15) is 11.9 Å². The number of carboxylic acids is 1. The van der Waals surface area contributed by atoms with Gasteiger partial charge in [-0.15, -0.1) is 0 Å². The van der Waals surface area contributed by atoms with Crippen molar-refractivity contribution in [2.75, 3.05) is 0 Å². The van der Waals surface area contributed by atoms with Crippen molar-refractivity contribution in [2.24, 2.45) is 5.73 Å². The fourth-order valence-corrected chi connectivity index (χ4v) is 1.33. The molecule has 2 atom stereocenters. The number of hydrogen-bond acceptors (Lipinski definition) is 4. The lowest BCUT2D eigenvalue weighted by atomic mass is 9.98. The van der Waals surface area contributed by atoms with Crippen LogP contribution in [0.4, 0.5) is 4.39 Å². The fourth-order valence-electron chi connectivity index (χ4n) is 1.33. The van der Waals surface area contributed by atoms with E-state index in [9.17, 15) is 14.3 Å². The van der Waals surface area contributed by atoms with Gasteiger partial charge in [0.25, 0.3) is 0 Å². The van der Waals surface area contributed by atoms with E-state index in [0.29, 0.717) is 5.56 Å². The average Bonchev–Trinajstić information content (AvgIpc) is 2.26. The lowest BCUT2D eigenvalue weighted by molar-refractivity contribution is -0.153. The number of halogens is 1. The molecule has 6 heteroatoms. The second-order valence-electron chi connectivity index (χ2n) is 3.28. The molecule has 1 rings (SSSR count). The van der Waals surface area contributed by atoms with Crippen LogP contribution in [0.2, 0.25) is 0 Å². The van der Waals surface area contributed by atoms with Crippen LogP contribution in [0.15, 0.2) is 18.2 Å². The summed E-state index contributed by atoms with van der Waals surface area (Å²) in [5.41, 5.74) is 5.72. The van der Waals surface area contributed by atoms with E-state index >= 15 is 0 Å². The third-order valence-corrected chi connectivity index (χ3v) is 2.20. The maximum atomic E-state index is 12.9. The second-order valence-corrected chi connectivity index (χ2v) is 3.28. The zero-order valence-electron chi connectivity index (χ0n) is 8.30. The summed E-state index contributed by atoms with van der Waals surface area (Å²) in [5, 5.41) is 27.2. The highest BCUT2D eigenvalue weighted by molar-refractivity contribution is 5.73. The highest BCUT2D eigenvalue weighted by Crippen LogP contribution is 2.22. The molecule has 0 spiro atoms. The normalized spacial score (nSPS) is 14.5. The molecule has 5 nitrogen and oxygen atoms in total. The van der Waals surface area contributed by atoms with Crippen LogP contribution in [0.1, 0.15) is 17.2 Å². The first-order valence-corrected chi connectivity index (χ1v) is 4.54. The number of nitrogens with two attached hydrogens (primary N) is 1. The number of carbonyl (C=O) groups is 1. The van der Waals surface area contributed by atoms with Crippen LogP contribution in [0.5, 0.6) is 0 Å². The van der Waals surface area contributed by atoms with Gasteiger partial charge in [-0.3, -0.25) is 0 Å². The lowest BCUT2D eigenvalue weighted by Gasteiger charge is -2.17. The van der Waals surface area contributed by atoms with Crippen LogP contribution in [0.3, 0.4) is 0 Å². The molecule has 0 aliphatic carbocycles. The van der Waals surface area contributed by atoms with E-state index in [-0.39, 0.29) is 12.1 Å². The Bertz CT molecular complexity index is 396. The molecule has 88 valence electrons. The van der Waals surface area contributed by atoms with Gasteiger partial charge < -0.3 is 21.1 Å². The monoisotopic (exact) mass is 229 g/mol. The SMILES string of the molecule is NCc1ccc(F)cc1C(O)C(O)C(=O)O. The van der Waals surface area contributed by atoms with E-state index in [4.69, 9.17) is 15.9 Å². The fraction of sp³-hybridized carbons (Fsp3) is 0.300. The summed E-state index contributed by atoms with van der Waals surface area (Å²) in [6.07, 6.45) is -3.71. The molecule has 16 heavy (non-hydrogen) atoms. The van der Waals surface area contributed by atoms with Gasteiger partial charge in [-0.25, -0.2) is 9.18 Å². The third kappa shape index (κ3) is 2.54. The Morgan fingerprint density at radius 1 is 1.44 bits per heavy atom. The Labute approximate surface area is 90.9 Å². The van der Waals surface area contributed by atoms with Gasteiger partial charge in [0.2, 0.25) is 0 Å². The maximum Gasteiger partial charge on any atom is 0.335 e. The standard InChI is InChI=1S/C10H12FNO4/c11-6-2-1-5(4-12)7(3-6)8(13)9(14)10(15)16/h1-3,8-9,13-14H,4,12H2,(H,15,16). The molecular formula is C10H12FNO4. The van der Waals surface area contributed by atoms with Gasteiger partial charge in [-0.2, -0.15) is 0 Å². The van der Waals surface area contributed by atoms with Crippen molar-refractivity contribution in [2.45, 2.75) is 18.8 Å². The molecular weight excluding hydrogens is 217 g/mol. The van der Waals surface area contributed by atoms with Crippen molar-refractivity contribution in [1.82, 2.24) is 0 Å². The molecule has 0 heterocycles. The summed E-state index contributed by atoms with van der Waals surface area (Å²) >= 11 is 0. The minimum absolute atomic E-state index is 0.0129. The van der Waals surface area contributed by atoms with Gasteiger partial charge in [0, 0.05) is 6.54 Å². The number of carboxylic acid groups (broad SMARTS) is 1. The van der Waals surface area contributed by atoms with Crippen molar-refractivity contribution in [3.63, 3.8) is 0 Å². The Kier molecular flexibility index (Phi) is 3.94. The van der Waals surface area contributed by atoms with E-state index in [0.717, 1.165) is 12.1 Å². The summed E-state index contributed by atoms with van der Waals surface area (Å²) in [7, 11) is 0. The molecule has 0 saturated heterocycles. The topological polar surface area (TPSA) is 104 Å². The number of aliphatic hydroxyl groups is 2. The van der Waals surface area contributed by atoms with Crippen molar-refractivity contribution in [3.8, 4) is 0 Å². The molecule has 0 aliphatic heterocycles. The smallest absolute Gasteiger partial charge is 0.335 e. The number of benzene rings is 1. The molecule has 0 bridgehead atoms. The molecule has 2 unspecified atom stereocenters.